The lowest BCUT2D eigenvalue weighted by Gasteiger charge is -2.12. The summed E-state index contributed by atoms with van der Waals surface area (Å²) in [4.78, 5) is 0. The number of hydrogen-bond acceptors (Lipinski definition) is 1. The van der Waals surface area contributed by atoms with Gasteiger partial charge < -0.3 is 4.74 Å². The van der Waals surface area contributed by atoms with E-state index >= 15 is 0 Å². The molecule has 15 heavy (non-hydrogen) atoms. The smallest absolute Gasteiger partial charge is 0.111 e. The molecule has 0 saturated heterocycles. The van der Waals surface area contributed by atoms with Gasteiger partial charge in [0.05, 0.1) is 7.11 Å². The van der Waals surface area contributed by atoms with E-state index in [1.165, 1.54) is 11.1 Å². The van der Waals surface area contributed by atoms with Crippen LogP contribution in [0.3, 0.4) is 0 Å². The Kier molecular flexibility index (Phi) is 4.17. The summed E-state index contributed by atoms with van der Waals surface area (Å²) in [5, 5.41) is 0. The largest absolute Gasteiger partial charge is 0.497 e. The molecule has 1 heteroatoms. The van der Waals surface area contributed by atoms with Gasteiger partial charge in [-0.3, -0.25) is 0 Å². The fourth-order valence-corrected chi connectivity index (χ4v) is 1.38. The highest BCUT2D eigenvalue weighted by Crippen LogP contribution is 2.23. The average molecular weight is 202 g/mol. The minimum Gasteiger partial charge on any atom is -0.497 e. The monoisotopic (exact) mass is 202 g/mol. The Morgan fingerprint density at radius 3 is 2.53 bits per heavy atom. The van der Waals surface area contributed by atoms with E-state index in [-0.39, 0.29) is 0 Å². The molecule has 0 atom stereocenters. The minimum absolute atomic E-state index is 0.652. The van der Waals surface area contributed by atoms with E-state index in [0.29, 0.717) is 5.76 Å². The molecule has 0 aromatic heterocycles. The summed E-state index contributed by atoms with van der Waals surface area (Å²) in [5.74, 6) is 0.652. The second-order valence-corrected chi connectivity index (χ2v) is 3.73. The number of rotatable bonds is 4. The first-order valence-corrected chi connectivity index (χ1v) is 5.10. The lowest BCUT2D eigenvalue weighted by atomic mass is 9.94. The van der Waals surface area contributed by atoms with Crippen molar-refractivity contribution in [2.75, 3.05) is 7.11 Å². The second kappa shape index (κ2) is 5.40. The third kappa shape index (κ3) is 3.62. The maximum atomic E-state index is 4.95. The van der Waals surface area contributed by atoms with Crippen molar-refractivity contribution in [2.45, 2.75) is 19.8 Å². The van der Waals surface area contributed by atoms with Gasteiger partial charge in [-0.05, 0) is 37.0 Å². The van der Waals surface area contributed by atoms with Gasteiger partial charge in [0.25, 0.3) is 0 Å². The molecule has 0 N–H and O–H groups in total. The van der Waals surface area contributed by atoms with E-state index in [4.69, 9.17) is 4.74 Å². The molecule has 0 spiro atoms. The van der Waals surface area contributed by atoms with Crippen molar-refractivity contribution in [3.8, 4) is 0 Å². The quantitative estimate of drug-likeness (QED) is 0.496. The number of ether oxygens (including phenoxy) is 1. The Balaban J connectivity index is 2.63. The zero-order chi connectivity index (χ0) is 11.3. The van der Waals surface area contributed by atoms with Crippen LogP contribution in [-0.4, -0.2) is 7.11 Å². The van der Waals surface area contributed by atoms with E-state index in [0.717, 1.165) is 18.4 Å². The van der Waals surface area contributed by atoms with Crippen LogP contribution in [0.15, 0.2) is 59.9 Å². The lowest BCUT2D eigenvalue weighted by molar-refractivity contribution is 0.309. The van der Waals surface area contributed by atoms with Crippen molar-refractivity contribution in [3.05, 3.63) is 59.9 Å². The molecular formula is C14H18O. The van der Waals surface area contributed by atoms with Gasteiger partial charge in [0.15, 0.2) is 0 Å². The first kappa shape index (κ1) is 11.6. The van der Waals surface area contributed by atoms with Crippen molar-refractivity contribution < 1.29 is 4.74 Å². The summed E-state index contributed by atoms with van der Waals surface area (Å²) in [7, 11) is 1.61. The first-order valence-electron chi connectivity index (χ1n) is 5.10. The molecule has 80 valence electrons. The Hall–Kier alpha value is -1.50. The predicted octanol–water partition coefficient (Wildman–Crippen LogP) is 3.93. The van der Waals surface area contributed by atoms with Crippen molar-refractivity contribution in [1.29, 1.82) is 0 Å². The maximum Gasteiger partial charge on any atom is 0.111 e. The van der Waals surface area contributed by atoms with Gasteiger partial charge in [-0.25, -0.2) is 0 Å². The first-order chi connectivity index (χ1) is 7.13. The topological polar surface area (TPSA) is 9.23 Å². The van der Waals surface area contributed by atoms with Crippen LogP contribution in [0.2, 0.25) is 0 Å². The van der Waals surface area contributed by atoms with Crippen molar-refractivity contribution in [3.63, 3.8) is 0 Å². The van der Waals surface area contributed by atoms with Gasteiger partial charge >= 0.3 is 0 Å². The highest BCUT2D eigenvalue weighted by molar-refractivity contribution is 5.43. The molecule has 0 aliphatic heterocycles. The Morgan fingerprint density at radius 1 is 1.27 bits per heavy atom. The molecule has 1 nitrogen and oxygen atoms in total. The summed E-state index contributed by atoms with van der Waals surface area (Å²) in [6.45, 7) is 9.90. The summed E-state index contributed by atoms with van der Waals surface area (Å²) in [6.07, 6.45) is 10.3. The van der Waals surface area contributed by atoms with Crippen LogP contribution in [0.4, 0.5) is 0 Å². The SMILES string of the molecule is C=C(/C=C\C(=C)C1=CC=C(C)CC1)OC. The van der Waals surface area contributed by atoms with Crippen molar-refractivity contribution >= 4 is 0 Å². The average Bonchev–Trinajstić information content (AvgIpc) is 2.26. The van der Waals surface area contributed by atoms with Gasteiger partial charge in [0.2, 0.25) is 0 Å². The lowest BCUT2D eigenvalue weighted by Crippen LogP contribution is -1.92. The van der Waals surface area contributed by atoms with Crippen LogP contribution in [0.1, 0.15) is 19.8 Å². The molecule has 0 bridgehead atoms. The van der Waals surface area contributed by atoms with Gasteiger partial charge in [0.1, 0.15) is 5.76 Å². The van der Waals surface area contributed by atoms with Crippen LogP contribution in [0.25, 0.3) is 0 Å². The fraction of sp³-hybridized carbons (Fsp3) is 0.286. The Bertz CT molecular complexity index is 354. The molecular weight excluding hydrogens is 184 g/mol. The van der Waals surface area contributed by atoms with Gasteiger partial charge in [0, 0.05) is 0 Å². The highest BCUT2D eigenvalue weighted by atomic mass is 16.5. The van der Waals surface area contributed by atoms with E-state index in [1.807, 2.05) is 12.2 Å². The molecule has 0 aromatic rings. The maximum absolute atomic E-state index is 4.95. The minimum atomic E-state index is 0.652. The number of methoxy groups -OCH3 is 1. The van der Waals surface area contributed by atoms with E-state index in [9.17, 15) is 0 Å². The molecule has 0 radical (unpaired) electrons. The molecule has 0 aromatic carbocycles. The zero-order valence-corrected chi connectivity index (χ0v) is 9.55. The van der Waals surface area contributed by atoms with Crippen LogP contribution in [-0.2, 0) is 4.74 Å². The van der Waals surface area contributed by atoms with Crippen LogP contribution in [0, 0.1) is 0 Å². The predicted molar refractivity (Wildman–Crippen MR) is 65.5 cm³/mol. The molecule has 0 amide bonds. The third-order valence-electron chi connectivity index (χ3n) is 2.50. The summed E-state index contributed by atoms with van der Waals surface area (Å²) < 4.78 is 4.95. The summed E-state index contributed by atoms with van der Waals surface area (Å²) in [5.41, 5.74) is 3.76. The van der Waals surface area contributed by atoms with Crippen molar-refractivity contribution in [2.24, 2.45) is 0 Å². The van der Waals surface area contributed by atoms with Gasteiger partial charge in [-0.15, -0.1) is 0 Å². The third-order valence-corrected chi connectivity index (χ3v) is 2.50. The van der Waals surface area contributed by atoms with Gasteiger partial charge in [-0.2, -0.15) is 0 Å². The number of hydrogen-bond donors (Lipinski definition) is 0. The standard InChI is InChI=1S/C14H18O/c1-11-5-9-14(10-6-11)12(2)7-8-13(3)15-4/h5,7-9H,2-3,6,10H2,1,4H3/b8-7-. The molecule has 0 saturated carbocycles. The van der Waals surface area contributed by atoms with Crippen LogP contribution in [0.5, 0.6) is 0 Å². The molecule has 0 unspecified atom stereocenters. The van der Waals surface area contributed by atoms with E-state index < -0.39 is 0 Å². The Labute approximate surface area is 92.1 Å². The molecule has 0 heterocycles. The molecule has 0 fully saturated rings. The zero-order valence-electron chi connectivity index (χ0n) is 9.55. The van der Waals surface area contributed by atoms with E-state index in [2.05, 4.69) is 32.2 Å². The summed E-state index contributed by atoms with van der Waals surface area (Å²) >= 11 is 0. The normalized spacial score (nSPS) is 15.9. The van der Waals surface area contributed by atoms with Crippen LogP contribution >= 0.6 is 0 Å². The molecule has 1 rings (SSSR count). The van der Waals surface area contributed by atoms with E-state index in [1.54, 1.807) is 7.11 Å². The molecule has 1 aliphatic carbocycles. The second-order valence-electron chi connectivity index (χ2n) is 3.73. The number of allylic oxidation sites excluding steroid dienone is 7. The van der Waals surface area contributed by atoms with Gasteiger partial charge in [-0.1, -0.05) is 37.0 Å². The Morgan fingerprint density at radius 2 is 2.00 bits per heavy atom. The fourth-order valence-electron chi connectivity index (χ4n) is 1.38. The highest BCUT2D eigenvalue weighted by Gasteiger charge is 2.04. The summed E-state index contributed by atoms with van der Waals surface area (Å²) in [6, 6.07) is 0. The van der Waals surface area contributed by atoms with Crippen molar-refractivity contribution in [1.82, 2.24) is 0 Å². The molecule has 1 aliphatic rings. The van der Waals surface area contributed by atoms with Crippen LogP contribution < -0.4 is 0 Å².